The second kappa shape index (κ2) is 6.06. The van der Waals surface area contributed by atoms with Gasteiger partial charge in [-0.3, -0.25) is 0 Å². The lowest BCUT2D eigenvalue weighted by Gasteiger charge is -2.13. The highest BCUT2D eigenvalue weighted by Crippen LogP contribution is 2.32. The van der Waals surface area contributed by atoms with E-state index in [0.717, 1.165) is 29.6 Å². The molecule has 0 saturated carbocycles. The Morgan fingerprint density at radius 1 is 0.810 bits per heavy atom. The average molecular weight is 279 g/mol. The molecule has 0 aliphatic carbocycles. The normalized spacial score (nSPS) is 11.0. The van der Waals surface area contributed by atoms with Crippen molar-refractivity contribution in [1.82, 2.24) is 5.32 Å². The minimum absolute atomic E-state index is 0.168. The van der Waals surface area contributed by atoms with Gasteiger partial charge in [0.25, 0.3) is 0 Å². The van der Waals surface area contributed by atoms with Crippen LogP contribution < -0.4 is 5.32 Å². The van der Waals surface area contributed by atoms with Crippen molar-refractivity contribution in [3.8, 4) is 11.1 Å². The predicted octanol–water partition coefficient (Wildman–Crippen LogP) is 4.76. The molecule has 0 aliphatic heterocycles. The zero-order valence-electron chi connectivity index (χ0n) is 12.1. The number of rotatable bonds is 4. The molecule has 3 aromatic carbocycles. The second-order valence-corrected chi connectivity index (χ2v) is 5.08. The summed E-state index contributed by atoms with van der Waals surface area (Å²) < 4.78 is 14.0. The van der Waals surface area contributed by atoms with E-state index in [-0.39, 0.29) is 5.82 Å². The summed E-state index contributed by atoms with van der Waals surface area (Å²) in [5.41, 5.74) is 3.48. The van der Waals surface area contributed by atoms with Gasteiger partial charge in [0.15, 0.2) is 0 Å². The van der Waals surface area contributed by atoms with Crippen LogP contribution in [0.15, 0.2) is 60.7 Å². The van der Waals surface area contributed by atoms with Gasteiger partial charge in [0.05, 0.1) is 0 Å². The van der Waals surface area contributed by atoms with Gasteiger partial charge in [-0.05, 0) is 34.7 Å². The van der Waals surface area contributed by atoms with Gasteiger partial charge in [0, 0.05) is 11.9 Å². The van der Waals surface area contributed by atoms with Gasteiger partial charge in [-0.25, -0.2) is 4.39 Å². The van der Waals surface area contributed by atoms with Gasteiger partial charge in [-0.15, -0.1) is 0 Å². The van der Waals surface area contributed by atoms with E-state index in [2.05, 4.69) is 24.4 Å². The van der Waals surface area contributed by atoms with Crippen molar-refractivity contribution in [3.05, 3.63) is 72.0 Å². The lowest BCUT2D eigenvalue weighted by Crippen LogP contribution is -2.12. The smallest absolute Gasteiger partial charge is 0.131 e. The van der Waals surface area contributed by atoms with Crippen molar-refractivity contribution in [2.75, 3.05) is 6.54 Å². The molecule has 0 amide bonds. The van der Waals surface area contributed by atoms with Gasteiger partial charge in [0.2, 0.25) is 0 Å². The third-order valence-corrected chi connectivity index (χ3v) is 3.74. The molecule has 1 nitrogen and oxygen atoms in total. The fraction of sp³-hybridized carbons (Fsp3) is 0.158. The Morgan fingerprint density at radius 3 is 2.33 bits per heavy atom. The van der Waals surface area contributed by atoms with Crippen molar-refractivity contribution in [2.24, 2.45) is 0 Å². The van der Waals surface area contributed by atoms with E-state index in [1.54, 1.807) is 6.07 Å². The Balaban J connectivity index is 2.19. The summed E-state index contributed by atoms with van der Waals surface area (Å²) in [6.07, 6.45) is 0. The molecule has 0 bridgehead atoms. The largest absolute Gasteiger partial charge is 0.313 e. The van der Waals surface area contributed by atoms with E-state index < -0.39 is 0 Å². The maximum atomic E-state index is 14.0. The Labute approximate surface area is 124 Å². The topological polar surface area (TPSA) is 12.0 Å². The second-order valence-electron chi connectivity index (χ2n) is 5.08. The number of hydrogen-bond donors (Lipinski definition) is 1. The van der Waals surface area contributed by atoms with Gasteiger partial charge >= 0.3 is 0 Å². The van der Waals surface area contributed by atoms with Crippen LogP contribution in [0, 0.1) is 5.82 Å². The number of halogens is 1. The van der Waals surface area contributed by atoms with E-state index in [1.807, 2.05) is 42.5 Å². The van der Waals surface area contributed by atoms with Crippen LogP contribution in [-0.2, 0) is 6.54 Å². The van der Waals surface area contributed by atoms with Gasteiger partial charge in [0.1, 0.15) is 5.82 Å². The number of nitrogens with one attached hydrogen (secondary N) is 1. The molecule has 2 heteroatoms. The van der Waals surface area contributed by atoms with Crippen LogP contribution in [0.5, 0.6) is 0 Å². The maximum absolute atomic E-state index is 14.0. The highest BCUT2D eigenvalue weighted by Gasteiger charge is 2.10. The van der Waals surface area contributed by atoms with E-state index in [9.17, 15) is 4.39 Å². The van der Waals surface area contributed by atoms with Crippen molar-refractivity contribution in [1.29, 1.82) is 0 Å². The number of hydrogen-bond acceptors (Lipinski definition) is 1. The van der Waals surface area contributed by atoms with Crippen molar-refractivity contribution < 1.29 is 4.39 Å². The molecule has 0 radical (unpaired) electrons. The van der Waals surface area contributed by atoms with Gasteiger partial charge < -0.3 is 5.32 Å². The van der Waals surface area contributed by atoms with Crippen LogP contribution in [0.4, 0.5) is 4.39 Å². The lowest BCUT2D eigenvalue weighted by atomic mass is 9.94. The number of benzene rings is 3. The highest BCUT2D eigenvalue weighted by atomic mass is 19.1. The third kappa shape index (κ3) is 2.67. The summed E-state index contributed by atoms with van der Waals surface area (Å²) in [6, 6.07) is 19.4. The average Bonchev–Trinajstić information content (AvgIpc) is 2.54. The standard InChI is InChI=1S/C19H18FN/c1-2-21-13-14-7-3-4-8-15(14)17-11-12-19(20)18-10-6-5-9-16(17)18/h3-12,21H,2,13H2,1H3. The molecule has 0 aliphatic rings. The summed E-state index contributed by atoms with van der Waals surface area (Å²) in [6.45, 7) is 3.84. The quantitative estimate of drug-likeness (QED) is 0.726. The van der Waals surface area contributed by atoms with Gasteiger partial charge in [-0.1, -0.05) is 61.5 Å². The fourth-order valence-corrected chi connectivity index (χ4v) is 2.69. The first kappa shape index (κ1) is 13.8. The molecular weight excluding hydrogens is 261 g/mol. The monoisotopic (exact) mass is 279 g/mol. The molecule has 106 valence electrons. The first-order valence-electron chi connectivity index (χ1n) is 7.27. The zero-order valence-corrected chi connectivity index (χ0v) is 12.1. The van der Waals surface area contributed by atoms with E-state index in [0.29, 0.717) is 5.39 Å². The Kier molecular flexibility index (Phi) is 3.98. The molecule has 0 atom stereocenters. The highest BCUT2D eigenvalue weighted by molar-refractivity contribution is 5.97. The minimum Gasteiger partial charge on any atom is -0.313 e. The molecule has 0 saturated heterocycles. The Bertz CT molecular complexity index is 764. The van der Waals surface area contributed by atoms with Crippen LogP contribution in [0.2, 0.25) is 0 Å². The van der Waals surface area contributed by atoms with Crippen LogP contribution >= 0.6 is 0 Å². The third-order valence-electron chi connectivity index (χ3n) is 3.74. The van der Waals surface area contributed by atoms with Crippen LogP contribution in [-0.4, -0.2) is 6.54 Å². The van der Waals surface area contributed by atoms with Crippen LogP contribution in [0.3, 0.4) is 0 Å². The predicted molar refractivity (Wildman–Crippen MR) is 86.7 cm³/mol. The van der Waals surface area contributed by atoms with Gasteiger partial charge in [-0.2, -0.15) is 0 Å². The van der Waals surface area contributed by atoms with E-state index in [4.69, 9.17) is 0 Å². The van der Waals surface area contributed by atoms with E-state index >= 15 is 0 Å². The first-order chi connectivity index (χ1) is 10.3. The molecular formula is C19H18FN. The van der Waals surface area contributed by atoms with Crippen molar-refractivity contribution in [2.45, 2.75) is 13.5 Å². The SMILES string of the molecule is CCNCc1ccccc1-c1ccc(F)c2ccccc12. The summed E-state index contributed by atoms with van der Waals surface area (Å²) in [7, 11) is 0. The maximum Gasteiger partial charge on any atom is 0.131 e. The summed E-state index contributed by atoms with van der Waals surface area (Å²) in [5.74, 6) is -0.168. The Hall–Kier alpha value is -2.19. The molecule has 0 spiro atoms. The first-order valence-corrected chi connectivity index (χ1v) is 7.27. The van der Waals surface area contributed by atoms with Crippen molar-refractivity contribution >= 4 is 10.8 Å². The molecule has 21 heavy (non-hydrogen) atoms. The molecule has 0 fully saturated rings. The molecule has 0 aromatic heterocycles. The molecule has 3 rings (SSSR count). The molecule has 1 N–H and O–H groups in total. The Morgan fingerprint density at radius 2 is 1.52 bits per heavy atom. The van der Waals surface area contributed by atoms with E-state index in [1.165, 1.54) is 5.56 Å². The van der Waals surface area contributed by atoms with Crippen LogP contribution in [0.1, 0.15) is 12.5 Å². The van der Waals surface area contributed by atoms with Crippen molar-refractivity contribution in [3.63, 3.8) is 0 Å². The lowest BCUT2D eigenvalue weighted by molar-refractivity contribution is 0.640. The molecule has 0 unspecified atom stereocenters. The molecule has 0 heterocycles. The zero-order chi connectivity index (χ0) is 14.7. The number of fused-ring (bicyclic) bond motifs is 1. The summed E-state index contributed by atoms with van der Waals surface area (Å²) in [4.78, 5) is 0. The summed E-state index contributed by atoms with van der Waals surface area (Å²) in [5, 5.41) is 4.99. The fourth-order valence-electron chi connectivity index (χ4n) is 2.69. The van der Waals surface area contributed by atoms with Crippen LogP contribution in [0.25, 0.3) is 21.9 Å². The summed E-state index contributed by atoms with van der Waals surface area (Å²) >= 11 is 0. The minimum atomic E-state index is -0.168. The molecule has 3 aromatic rings.